The van der Waals surface area contributed by atoms with Gasteiger partial charge in [0.2, 0.25) is 0 Å². The van der Waals surface area contributed by atoms with Crippen LogP contribution in [0, 0.1) is 0 Å². The van der Waals surface area contributed by atoms with Gasteiger partial charge in [0.15, 0.2) is 18.2 Å². The summed E-state index contributed by atoms with van der Waals surface area (Å²) in [6, 6.07) is 3.53. The number of carbonyl (C=O) groups is 2. The van der Waals surface area contributed by atoms with Gasteiger partial charge in [-0.15, -0.1) is 0 Å². The third-order valence-corrected chi connectivity index (χ3v) is 4.11. The van der Waals surface area contributed by atoms with Crippen molar-refractivity contribution in [2.45, 2.75) is 25.8 Å². The van der Waals surface area contributed by atoms with Crippen LogP contribution in [-0.2, 0) is 17.8 Å². The summed E-state index contributed by atoms with van der Waals surface area (Å²) in [5.74, 6) is 0.450. The lowest BCUT2D eigenvalue weighted by molar-refractivity contribution is -0.118. The Morgan fingerprint density at radius 3 is 3.22 bits per heavy atom. The highest BCUT2D eigenvalue weighted by Gasteiger charge is 2.20. The van der Waals surface area contributed by atoms with E-state index in [0.29, 0.717) is 22.8 Å². The number of aryl methyl sites for hydroxylation is 1. The molecule has 2 aromatic rings. The molecular weight excluding hydrogens is 296 g/mol. The van der Waals surface area contributed by atoms with E-state index in [9.17, 15) is 9.59 Å². The zero-order valence-electron chi connectivity index (χ0n) is 12.5. The van der Waals surface area contributed by atoms with Gasteiger partial charge in [0.05, 0.1) is 17.4 Å². The van der Waals surface area contributed by atoms with Crippen LogP contribution in [0.5, 0.6) is 5.75 Å². The molecule has 4 rings (SSSR count). The number of rotatable bonds is 2. The molecule has 7 heteroatoms. The zero-order valence-corrected chi connectivity index (χ0v) is 12.5. The number of nitrogens with one attached hydrogen (secondary N) is 2. The first kappa shape index (κ1) is 13.8. The van der Waals surface area contributed by atoms with Crippen molar-refractivity contribution in [2.24, 2.45) is 0 Å². The Kier molecular flexibility index (Phi) is 3.25. The molecule has 0 aliphatic carbocycles. The molecule has 0 fully saturated rings. The maximum atomic E-state index is 12.5. The number of ether oxygens (including phenoxy) is 1. The van der Waals surface area contributed by atoms with Crippen molar-refractivity contribution in [3.63, 3.8) is 0 Å². The molecule has 0 saturated carbocycles. The van der Waals surface area contributed by atoms with Crippen LogP contribution in [0.15, 0.2) is 24.5 Å². The average Bonchev–Trinajstić information content (AvgIpc) is 2.99. The van der Waals surface area contributed by atoms with Gasteiger partial charge in [0.1, 0.15) is 0 Å². The second kappa shape index (κ2) is 5.42. The van der Waals surface area contributed by atoms with Gasteiger partial charge in [0.25, 0.3) is 11.8 Å². The predicted octanol–water partition coefficient (Wildman–Crippen LogP) is 1.80. The lowest BCUT2D eigenvalue weighted by Gasteiger charge is -2.18. The van der Waals surface area contributed by atoms with Crippen molar-refractivity contribution in [1.82, 2.24) is 9.55 Å². The summed E-state index contributed by atoms with van der Waals surface area (Å²) in [6.07, 6.45) is 6.66. The van der Waals surface area contributed by atoms with Crippen LogP contribution in [-0.4, -0.2) is 28.0 Å². The smallest absolute Gasteiger partial charge is 0.263 e. The van der Waals surface area contributed by atoms with Gasteiger partial charge in [0, 0.05) is 24.5 Å². The second-order valence-electron chi connectivity index (χ2n) is 5.69. The van der Waals surface area contributed by atoms with E-state index in [1.165, 1.54) is 6.20 Å². The molecule has 2 aliphatic rings. The Morgan fingerprint density at radius 1 is 1.39 bits per heavy atom. The van der Waals surface area contributed by atoms with Crippen LogP contribution in [0.4, 0.5) is 11.5 Å². The minimum atomic E-state index is -0.234. The monoisotopic (exact) mass is 312 g/mol. The molecule has 0 aromatic carbocycles. The van der Waals surface area contributed by atoms with Gasteiger partial charge in [-0.3, -0.25) is 9.59 Å². The Labute approximate surface area is 132 Å². The first-order chi connectivity index (χ1) is 11.2. The number of nitrogens with zero attached hydrogens (tertiary/aromatic N) is 2. The number of pyridine rings is 1. The normalized spacial score (nSPS) is 15.9. The second-order valence-corrected chi connectivity index (χ2v) is 5.69. The highest BCUT2D eigenvalue weighted by molar-refractivity contribution is 6.05. The summed E-state index contributed by atoms with van der Waals surface area (Å²) in [6.45, 7) is 0.926. The number of fused-ring (bicyclic) bond motifs is 2. The maximum Gasteiger partial charge on any atom is 0.263 e. The molecule has 0 unspecified atom stereocenters. The zero-order chi connectivity index (χ0) is 15.8. The van der Waals surface area contributed by atoms with Crippen LogP contribution < -0.4 is 15.4 Å². The third kappa shape index (κ3) is 2.54. The Hall–Kier alpha value is -2.83. The molecule has 0 bridgehead atoms. The van der Waals surface area contributed by atoms with Gasteiger partial charge in [-0.1, -0.05) is 0 Å². The van der Waals surface area contributed by atoms with E-state index < -0.39 is 0 Å². The van der Waals surface area contributed by atoms with Gasteiger partial charge < -0.3 is 19.9 Å². The lowest BCUT2D eigenvalue weighted by Crippen LogP contribution is -2.26. The van der Waals surface area contributed by atoms with E-state index in [-0.39, 0.29) is 18.4 Å². The molecule has 23 heavy (non-hydrogen) atoms. The summed E-state index contributed by atoms with van der Waals surface area (Å²) in [7, 11) is 0. The molecule has 0 radical (unpaired) electrons. The summed E-state index contributed by atoms with van der Waals surface area (Å²) < 4.78 is 7.45. The molecule has 2 N–H and O–H groups in total. The molecule has 0 spiro atoms. The minimum absolute atomic E-state index is 0.0426. The average molecular weight is 312 g/mol. The quantitative estimate of drug-likeness (QED) is 0.885. The molecule has 0 atom stereocenters. The number of hydrogen-bond donors (Lipinski definition) is 2. The maximum absolute atomic E-state index is 12.5. The Bertz CT molecular complexity index is 797. The van der Waals surface area contributed by atoms with Crippen molar-refractivity contribution < 1.29 is 14.3 Å². The molecule has 0 saturated heterocycles. The van der Waals surface area contributed by atoms with Crippen molar-refractivity contribution in [2.75, 3.05) is 17.2 Å². The molecule has 7 nitrogen and oxygen atoms in total. The van der Waals surface area contributed by atoms with Crippen LogP contribution in [0.3, 0.4) is 0 Å². The number of amides is 2. The van der Waals surface area contributed by atoms with Gasteiger partial charge >= 0.3 is 0 Å². The van der Waals surface area contributed by atoms with Crippen LogP contribution >= 0.6 is 0 Å². The van der Waals surface area contributed by atoms with E-state index in [2.05, 4.69) is 20.2 Å². The first-order valence-electron chi connectivity index (χ1n) is 7.63. The first-order valence-corrected chi connectivity index (χ1v) is 7.63. The fourth-order valence-electron chi connectivity index (χ4n) is 3.00. The predicted molar refractivity (Wildman–Crippen MR) is 83.7 cm³/mol. The number of anilines is 2. The van der Waals surface area contributed by atoms with Gasteiger partial charge in [-0.05, 0) is 25.3 Å². The topological polar surface area (TPSA) is 85.2 Å². The van der Waals surface area contributed by atoms with E-state index in [1.807, 2.05) is 12.3 Å². The SMILES string of the molecule is O=C1COc2cc(NC(=O)c3ccn4c3CCCC4)cnc2N1. The summed E-state index contributed by atoms with van der Waals surface area (Å²) in [5.41, 5.74) is 2.33. The van der Waals surface area contributed by atoms with E-state index >= 15 is 0 Å². The molecular formula is C16H16N4O3. The molecule has 4 heterocycles. The Morgan fingerprint density at radius 2 is 2.30 bits per heavy atom. The van der Waals surface area contributed by atoms with Gasteiger partial charge in [-0.25, -0.2) is 4.98 Å². The van der Waals surface area contributed by atoms with E-state index in [0.717, 1.165) is 31.5 Å². The highest BCUT2D eigenvalue weighted by Crippen LogP contribution is 2.28. The number of aromatic nitrogens is 2. The van der Waals surface area contributed by atoms with Crippen molar-refractivity contribution in [3.05, 3.63) is 35.8 Å². The Balaban J connectivity index is 1.55. The summed E-state index contributed by atoms with van der Waals surface area (Å²) in [4.78, 5) is 27.9. The van der Waals surface area contributed by atoms with Crippen molar-refractivity contribution in [1.29, 1.82) is 0 Å². The molecule has 2 amide bonds. The van der Waals surface area contributed by atoms with E-state index in [4.69, 9.17) is 4.74 Å². The van der Waals surface area contributed by atoms with Crippen LogP contribution in [0.1, 0.15) is 28.9 Å². The molecule has 2 aromatic heterocycles. The third-order valence-electron chi connectivity index (χ3n) is 4.11. The number of hydrogen-bond acceptors (Lipinski definition) is 4. The largest absolute Gasteiger partial charge is 0.480 e. The molecule has 2 aliphatic heterocycles. The van der Waals surface area contributed by atoms with Crippen LogP contribution in [0.25, 0.3) is 0 Å². The lowest BCUT2D eigenvalue weighted by atomic mass is 10.1. The van der Waals surface area contributed by atoms with Crippen molar-refractivity contribution in [3.8, 4) is 5.75 Å². The van der Waals surface area contributed by atoms with Crippen molar-refractivity contribution >= 4 is 23.3 Å². The van der Waals surface area contributed by atoms with Crippen LogP contribution in [0.2, 0.25) is 0 Å². The summed E-state index contributed by atoms with van der Waals surface area (Å²) in [5, 5.41) is 5.47. The van der Waals surface area contributed by atoms with E-state index in [1.54, 1.807) is 6.07 Å². The molecule has 118 valence electrons. The number of carbonyl (C=O) groups excluding carboxylic acids is 2. The summed E-state index contributed by atoms with van der Waals surface area (Å²) >= 11 is 0. The fraction of sp³-hybridized carbons (Fsp3) is 0.312. The highest BCUT2D eigenvalue weighted by atomic mass is 16.5. The minimum Gasteiger partial charge on any atom is -0.480 e. The fourth-order valence-corrected chi connectivity index (χ4v) is 3.00. The van der Waals surface area contributed by atoms with Gasteiger partial charge in [-0.2, -0.15) is 0 Å². The standard InChI is InChI=1S/C16H16N4O3/c21-14-9-23-13-7-10(8-17-15(13)19-14)18-16(22)11-4-6-20-5-2-1-3-12(11)20/h4,6-8H,1-3,5,9H2,(H,18,22)(H,17,19,21).